The van der Waals surface area contributed by atoms with Gasteiger partial charge in [0.2, 0.25) is 0 Å². The number of aliphatic hydroxyl groups is 1. The van der Waals surface area contributed by atoms with Gasteiger partial charge in [0.1, 0.15) is 0 Å². The first kappa shape index (κ1) is 13.7. The van der Waals surface area contributed by atoms with Gasteiger partial charge in [0.15, 0.2) is 0 Å². The summed E-state index contributed by atoms with van der Waals surface area (Å²) in [5.41, 5.74) is 1.64. The number of carbonyl (C=O) groups excluding carboxylic acids is 1. The molecule has 1 aliphatic carbocycles. The van der Waals surface area contributed by atoms with Gasteiger partial charge in [-0.25, -0.2) is 0 Å². The van der Waals surface area contributed by atoms with E-state index in [9.17, 15) is 9.90 Å². The Morgan fingerprint density at radius 1 is 1.29 bits per heavy atom. The molecular formula is C16H17N3O2. The highest BCUT2D eigenvalue weighted by atomic mass is 16.3. The summed E-state index contributed by atoms with van der Waals surface area (Å²) in [6, 6.07) is 11.4. The maximum absolute atomic E-state index is 12.5. The molecule has 1 heterocycles. The Kier molecular flexibility index (Phi) is 3.43. The van der Waals surface area contributed by atoms with Gasteiger partial charge in [0.05, 0.1) is 29.1 Å². The Labute approximate surface area is 123 Å². The number of benzene rings is 1. The van der Waals surface area contributed by atoms with Gasteiger partial charge >= 0.3 is 0 Å². The fourth-order valence-corrected chi connectivity index (χ4v) is 2.84. The normalized spacial score (nSPS) is 24.2. The third-order valence-corrected chi connectivity index (χ3v) is 4.00. The second-order valence-corrected chi connectivity index (χ2v) is 5.49. The van der Waals surface area contributed by atoms with Crippen molar-refractivity contribution in [2.24, 2.45) is 0 Å². The maximum Gasteiger partial charge on any atom is 0.253 e. The monoisotopic (exact) mass is 283 g/mol. The number of aliphatic hydroxyl groups excluding tert-OH is 1. The zero-order valence-electron chi connectivity index (χ0n) is 11.8. The maximum atomic E-state index is 12.5. The Hall–Kier alpha value is -2.27. The molecule has 21 heavy (non-hydrogen) atoms. The van der Waals surface area contributed by atoms with Crippen molar-refractivity contribution in [2.45, 2.75) is 31.4 Å². The molecule has 1 aliphatic rings. The van der Waals surface area contributed by atoms with Gasteiger partial charge < -0.3 is 10.4 Å². The molecule has 0 atom stereocenters. The molecule has 0 bridgehead atoms. The second-order valence-electron chi connectivity index (χ2n) is 5.49. The van der Waals surface area contributed by atoms with Crippen LogP contribution in [0.15, 0.2) is 42.6 Å². The Morgan fingerprint density at radius 3 is 2.62 bits per heavy atom. The van der Waals surface area contributed by atoms with Crippen LogP contribution < -0.4 is 5.32 Å². The number of carbonyl (C=O) groups is 1. The van der Waals surface area contributed by atoms with Crippen LogP contribution in [0.3, 0.4) is 0 Å². The number of nitrogens with zero attached hydrogens (tertiary/aromatic N) is 2. The summed E-state index contributed by atoms with van der Waals surface area (Å²) in [4.78, 5) is 12.5. The molecule has 1 fully saturated rings. The number of hydrogen-bond acceptors (Lipinski definition) is 4. The van der Waals surface area contributed by atoms with Crippen molar-refractivity contribution < 1.29 is 9.90 Å². The molecule has 0 aliphatic heterocycles. The number of rotatable bonds is 3. The van der Waals surface area contributed by atoms with Crippen LogP contribution in [0.1, 0.15) is 34.5 Å². The smallest absolute Gasteiger partial charge is 0.253 e. The molecule has 5 nitrogen and oxygen atoms in total. The molecule has 1 saturated carbocycles. The van der Waals surface area contributed by atoms with Gasteiger partial charge in [-0.2, -0.15) is 10.2 Å². The van der Waals surface area contributed by atoms with E-state index in [-0.39, 0.29) is 12.0 Å². The van der Waals surface area contributed by atoms with Crippen molar-refractivity contribution >= 4 is 5.91 Å². The fraction of sp³-hybridized carbons (Fsp3) is 0.312. The second kappa shape index (κ2) is 5.26. The predicted molar refractivity (Wildman–Crippen MR) is 77.6 cm³/mol. The minimum Gasteiger partial charge on any atom is -0.393 e. The highest BCUT2D eigenvalue weighted by molar-refractivity contribution is 5.95. The summed E-state index contributed by atoms with van der Waals surface area (Å²) in [5, 5.41) is 20.4. The van der Waals surface area contributed by atoms with E-state index in [2.05, 4.69) is 15.5 Å². The van der Waals surface area contributed by atoms with Crippen LogP contribution in [0.4, 0.5) is 0 Å². The van der Waals surface area contributed by atoms with Gasteiger partial charge in [-0.1, -0.05) is 30.3 Å². The molecule has 1 amide bonds. The fourth-order valence-electron chi connectivity index (χ4n) is 2.84. The van der Waals surface area contributed by atoms with Crippen molar-refractivity contribution in [2.75, 3.05) is 0 Å². The summed E-state index contributed by atoms with van der Waals surface area (Å²) in [7, 11) is 0. The zero-order valence-corrected chi connectivity index (χ0v) is 11.8. The lowest BCUT2D eigenvalue weighted by molar-refractivity contribution is 0.000976. The standard InChI is InChI=1S/C16H17N3O2/c1-11-14(7-8-17-19-11)15(21)18-16(9-13(20)10-16)12-5-3-2-4-6-12/h2-8,13,20H,9-10H2,1H3,(H,18,21). The highest BCUT2D eigenvalue weighted by Gasteiger charge is 2.46. The Bertz CT molecular complexity index is 652. The van der Waals surface area contributed by atoms with E-state index in [1.807, 2.05) is 30.3 Å². The van der Waals surface area contributed by atoms with E-state index in [1.54, 1.807) is 13.0 Å². The Balaban J connectivity index is 1.87. The summed E-state index contributed by atoms with van der Waals surface area (Å²) in [6.45, 7) is 1.76. The summed E-state index contributed by atoms with van der Waals surface area (Å²) in [6.07, 6.45) is 2.19. The lowest BCUT2D eigenvalue weighted by Crippen LogP contribution is -2.56. The quantitative estimate of drug-likeness (QED) is 0.896. The van der Waals surface area contributed by atoms with Gasteiger partial charge in [-0.15, -0.1) is 0 Å². The van der Waals surface area contributed by atoms with Crippen LogP contribution in [0.2, 0.25) is 0 Å². The number of nitrogens with one attached hydrogen (secondary N) is 1. The van der Waals surface area contributed by atoms with Gasteiger partial charge in [0, 0.05) is 12.8 Å². The lowest BCUT2D eigenvalue weighted by Gasteiger charge is -2.46. The minimum absolute atomic E-state index is 0.182. The van der Waals surface area contributed by atoms with Crippen LogP contribution in [-0.4, -0.2) is 27.3 Å². The number of amides is 1. The van der Waals surface area contributed by atoms with Crippen molar-refractivity contribution in [1.29, 1.82) is 0 Å². The first-order valence-electron chi connectivity index (χ1n) is 6.95. The van der Waals surface area contributed by atoms with Crippen LogP contribution in [-0.2, 0) is 5.54 Å². The van der Waals surface area contributed by atoms with E-state index >= 15 is 0 Å². The van der Waals surface area contributed by atoms with E-state index in [0.29, 0.717) is 24.1 Å². The van der Waals surface area contributed by atoms with Crippen LogP contribution in [0.5, 0.6) is 0 Å². The molecule has 108 valence electrons. The van der Waals surface area contributed by atoms with Crippen LogP contribution >= 0.6 is 0 Å². The van der Waals surface area contributed by atoms with Crippen molar-refractivity contribution in [1.82, 2.24) is 15.5 Å². The number of hydrogen-bond donors (Lipinski definition) is 2. The van der Waals surface area contributed by atoms with Crippen molar-refractivity contribution in [3.63, 3.8) is 0 Å². The molecule has 1 aromatic heterocycles. The topological polar surface area (TPSA) is 75.1 Å². The summed E-state index contributed by atoms with van der Waals surface area (Å²) >= 11 is 0. The molecule has 0 saturated heterocycles. The molecule has 0 radical (unpaired) electrons. The largest absolute Gasteiger partial charge is 0.393 e. The van der Waals surface area contributed by atoms with Crippen LogP contribution in [0, 0.1) is 6.92 Å². The van der Waals surface area contributed by atoms with E-state index in [1.165, 1.54) is 6.20 Å². The highest BCUT2D eigenvalue weighted by Crippen LogP contribution is 2.41. The molecule has 0 spiro atoms. The van der Waals surface area contributed by atoms with Gasteiger partial charge in [0.25, 0.3) is 5.91 Å². The summed E-state index contributed by atoms with van der Waals surface area (Å²) < 4.78 is 0. The number of aryl methyl sites for hydroxylation is 1. The van der Waals surface area contributed by atoms with E-state index in [4.69, 9.17) is 0 Å². The van der Waals surface area contributed by atoms with Crippen molar-refractivity contribution in [3.05, 3.63) is 59.4 Å². The lowest BCUT2D eigenvalue weighted by atomic mass is 9.69. The third-order valence-electron chi connectivity index (χ3n) is 4.00. The minimum atomic E-state index is -0.493. The molecule has 3 rings (SSSR count). The van der Waals surface area contributed by atoms with Crippen molar-refractivity contribution in [3.8, 4) is 0 Å². The van der Waals surface area contributed by atoms with E-state index in [0.717, 1.165) is 5.56 Å². The molecule has 1 aromatic carbocycles. The zero-order chi connectivity index (χ0) is 14.9. The molecular weight excluding hydrogens is 266 g/mol. The SMILES string of the molecule is Cc1nnccc1C(=O)NC1(c2ccccc2)CC(O)C1. The average Bonchev–Trinajstić information content (AvgIpc) is 2.46. The average molecular weight is 283 g/mol. The van der Waals surface area contributed by atoms with Crippen LogP contribution in [0.25, 0.3) is 0 Å². The number of aromatic nitrogens is 2. The van der Waals surface area contributed by atoms with E-state index < -0.39 is 5.54 Å². The summed E-state index contributed by atoms with van der Waals surface area (Å²) in [5.74, 6) is -0.182. The molecule has 2 aromatic rings. The molecule has 5 heteroatoms. The van der Waals surface area contributed by atoms with Gasteiger partial charge in [-0.05, 0) is 18.6 Å². The Morgan fingerprint density at radius 2 is 2.00 bits per heavy atom. The molecule has 0 unspecified atom stereocenters. The third kappa shape index (κ3) is 2.52. The first-order chi connectivity index (χ1) is 10.1. The predicted octanol–water partition coefficient (Wildman–Crippen LogP) is 1.57. The first-order valence-corrected chi connectivity index (χ1v) is 6.95. The van der Waals surface area contributed by atoms with Gasteiger partial charge in [-0.3, -0.25) is 4.79 Å². The molecule has 2 N–H and O–H groups in total.